The zero-order valence-corrected chi connectivity index (χ0v) is 8.02. The Kier molecular flexibility index (Phi) is 3.60. The molecule has 1 aromatic rings. The molecule has 0 aliphatic heterocycles. The fourth-order valence-corrected chi connectivity index (χ4v) is 0.971. The predicted molar refractivity (Wildman–Crippen MR) is 51.8 cm³/mol. The first-order chi connectivity index (χ1) is 6.22. The molecule has 0 aliphatic rings. The Morgan fingerprint density at radius 2 is 2.31 bits per heavy atom. The number of rotatable bonds is 1. The van der Waals surface area contributed by atoms with E-state index in [9.17, 15) is 4.79 Å². The molecular weight excluding hydrogens is 188 g/mol. The molecule has 0 atom stereocenters. The van der Waals surface area contributed by atoms with E-state index in [2.05, 4.69) is 11.8 Å². The maximum Gasteiger partial charge on any atom is 0.338 e. The summed E-state index contributed by atoms with van der Waals surface area (Å²) < 4.78 is 4.79. The zero-order chi connectivity index (χ0) is 9.68. The lowest BCUT2D eigenvalue weighted by molar-refractivity contribution is 0.498. The molecule has 13 heavy (non-hydrogen) atoms. The van der Waals surface area contributed by atoms with E-state index < -0.39 is 5.63 Å². The van der Waals surface area contributed by atoms with E-state index in [1.807, 2.05) is 6.92 Å². The molecule has 68 valence electrons. The summed E-state index contributed by atoms with van der Waals surface area (Å²) in [6, 6.07) is 2.75. The average molecular weight is 197 g/mol. The third-order valence-corrected chi connectivity index (χ3v) is 1.54. The fraction of sp³-hybridized carbons (Fsp3) is 0.300. The van der Waals surface area contributed by atoms with Gasteiger partial charge in [0.25, 0.3) is 0 Å². The number of hydrogen-bond donors (Lipinski definition) is 0. The van der Waals surface area contributed by atoms with Gasteiger partial charge >= 0.3 is 5.63 Å². The minimum Gasteiger partial charge on any atom is -0.414 e. The van der Waals surface area contributed by atoms with Crippen molar-refractivity contribution in [2.24, 2.45) is 0 Å². The standard InChI is InChI=1S/C10H9ClO2/c1-2-3-4-5-9-6-8(11)7-10(12)13-9/h6-7H,2-3H2,1H3. The van der Waals surface area contributed by atoms with Crippen molar-refractivity contribution < 1.29 is 4.42 Å². The second-order valence-electron chi connectivity index (χ2n) is 2.51. The van der Waals surface area contributed by atoms with Crippen LogP contribution >= 0.6 is 11.6 Å². The summed E-state index contributed by atoms with van der Waals surface area (Å²) in [4.78, 5) is 10.8. The van der Waals surface area contributed by atoms with E-state index in [0.717, 1.165) is 12.8 Å². The third kappa shape index (κ3) is 3.35. The molecular formula is C10H9ClO2. The molecule has 1 heterocycles. The minimum absolute atomic E-state index is 0.325. The molecule has 0 bridgehead atoms. The predicted octanol–water partition coefficient (Wildman–Crippen LogP) is 2.44. The minimum atomic E-state index is -0.465. The Morgan fingerprint density at radius 1 is 1.54 bits per heavy atom. The lowest BCUT2D eigenvalue weighted by Gasteiger charge is -1.89. The van der Waals surface area contributed by atoms with Crippen LogP contribution in [0.2, 0.25) is 5.02 Å². The van der Waals surface area contributed by atoms with Gasteiger partial charge in [0, 0.05) is 18.6 Å². The van der Waals surface area contributed by atoms with Crippen molar-refractivity contribution in [3.63, 3.8) is 0 Å². The second kappa shape index (κ2) is 4.74. The van der Waals surface area contributed by atoms with Gasteiger partial charge < -0.3 is 4.42 Å². The summed E-state index contributed by atoms with van der Waals surface area (Å²) in [6.07, 6.45) is 1.77. The highest BCUT2D eigenvalue weighted by Crippen LogP contribution is 2.06. The second-order valence-corrected chi connectivity index (χ2v) is 2.95. The summed E-state index contributed by atoms with van der Waals surface area (Å²) in [6.45, 7) is 2.03. The van der Waals surface area contributed by atoms with Crippen molar-refractivity contribution in [1.82, 2.24) is 0 Å². The van der Waals surface area contributed by atoms with Crippen molar-refractivity contribution in [2.75, 3.05) is 0 Å². The van der Waals surface area contributed by atoms with Gasteiger partial charge in [-0.1, -0.05) is 24.4 Å². The Morgan fingerprint density at radius 3 is 2.92 bits per heavy atom. The molecule has 0 saturated carbocycles. The van der Waals surface area contributed by atoms with Gasteiger partial charge in [-0.15, -0.1) is 0 Å². The van der Waals surface area contributed by atoms with E-state index in [0.29, 0.717) is 10.8 Å². The number of unbranched alkanes of at least 4 members (excludes halogenated alkanes) is 1. The fourth-order valence-electron chi connectivity index (χ4n) is 0.783. The van der Waals surface area contributed by atoms with E-state index >= 15 is 0 Å². The third-order valence-electron chi connectivity index (χ3n) is 1.32. The maximum absolute atomic E-state index is 10.8. The first-order valence-corrected chi connectivity index (χ1v) is 4.39. The molecule has 0 spiro atoms. The Hall–Kier alpha value is -1.20. The van der Waals surface area contributed by atoms with Crippen LogP contribution in [0.25, 0.3) is 0 Å². The van der Waals surface area contributed by atoms with Gasteiger partial charge in [0.1, 0.15) is 0 Å². The van der Waals surface area contributed by atoms with E-state index in [-0.39, 0.29) is 0 Å². The van der Waals surface area contributed by atoms with E-state index in [4.69, 9.17) is 16.0 Å². The van der Waals surface area contributed by atoms with Crippen LogP contribution in [0.3, 0.4) is 0 Å². The highest BCUT2D eigenvalue weighted by molar-refractivity contribution is 6.30. The molecule has 0 N–H and O–H groups in total. The molecule has 0 radical (unpaired) electrons. The van der Waals surface area contributed by atoms with Crippen LogP contribution in [0, 0.1) is 11.8 Å². The summed E-state index contributed by atoms with van der Waals surface area (Å²) >= 11 is 5.64. The molecule has 1 aromatic heterocycles. The topological polar surface area (TPSA) is 30.2 Å². The maximum atomic E-state index is 10.8. The number of hydrogen-bond acceptors (Lipinski definition) is 2. The molecule has 2 nitrogen and oxygen atoms in total. The largest absolute Gasteiger partial charge is 0.414 e. The SMILES string of the molecule is CCCC#Cc1cc(Cl)cc(=O)o1. The van der Waals surface area contributed by atoms with Gasteiger partial charge in [0.15, 0.2) is 5.76 Å². The molecule has 0 saturated heterocycles. The van der Waals surface area contributed by atoms with Gasteiger partial charge in [-0.2, -0.15) is 0 Å². The van der Waals surface area contributed by atoms with Crippen molar-refractivity contribution in [2.45, 2.75) is 19.8 Å². The van der Waals surface area contributed by atoms with Crippen LogP contribution in [0.15, 0.2) is 21.3 Å². The molecule has 0 amide bonds. The molecule has 0 unspecified atom stereocenters. The lowest BCUT2D eigenvalue weighted by Crippen LogP contribution is -1.96. The van der Waals surface area contributed by atoms with Crippen molar-refractivity contribution in [3.05, 3.63) is 33.3 Å². The molecule has 0 fully saturated rings. The number of halogens is 1. The quantitative estimate of drug-likeness (QED) is 0.646. The monoisotopic (exact) mass is 196 g/mol. The van der Waals surface area contributed by atoms with E-state index in [1.54, 1.807) is 0 Å². The molecule has 0 aliphatic carbocycles. The zero-order valence-electron chi connectivity index (χ0n) is 7.26. The van der Waals surface area contributed by atoms with Crippen molar-refractivity contribution in [1.29, 1.82) is 0 Å². The average Bonchev–Trinajstić information content (AvgIpc) is 2.03. The van der Waals surface area contributed by atoms with Crippen molar-refractivity contribution in [3.8, 4) is 11.8 Å². The molecule has 0 aromatic carbocycles. The molecule has 1 rings (SSSR count). The van der Waals surface area contributed by atoms with Crippen LogP contribution in [-0.4, -0.2) is 0 Å². The summed E-state index contributed by atoms with van der Waals surface area (Å²) in [7, 11) is 0. The van der Waals surface area contributed by atoms with Crippen LogP contribution in [0.5, 0.6) is 0 Å². The van der Waals surface area contributed by atoms with Gasteiger partial charge in [0.05, 0.1) is 5.02 Å². The highest BCUT2D eigenvalue weighted by atomic mass is 35.5. The van der Waals surface area contributed by atoms with Crippen LogP contribution in [0.1, 0.15) is 25.5 Å². The molecule has 3 heteroatoms. The summed E-state index contributed by atoms with van der Waals surface area (Å²) in [5.74, 6) is 5.92. The summed E-state index contributed by atoms with van der Waals surface area (Å²) in [5.41, 5.74) is -0.465. The first kappa shape index (κ1) is 9.88. The van der Waals surface area contributed by atoms with Crippen molar-refractivity contribution >= 4 is 11.6 Å². The lowest BCUT2D eigenvalue weighted by atomic mass is 10.3. The Balaban J connectivity index is 2.91. The first-order valence-electron chi connectivity index (χ1n) is 4.02. The van der Waals surface area contributed by atoms with E-state index in [1.165, 1.54) is 12.1 Å². The Bertz CT molecular complexity index is 395. The normalized spacial score (nSPS) is 9.08. The highest BCUT2D eigenvalue weighted by Gasteiger charge is 1.95. The van der Waals surface area contributed by atoms with Gasteiger partial charge in [0.2, 0.25) is 0 Å². The van der Waals surface area contributed by atoms with Gasteiger partial charge in [-0.25, -0.2) is 4.79 Å². The van der Waals surface area contributed by atoms with Gasteiger partial charge in [-0.3, -0.25) is 0 Å². The smallest absolute Gasteiger partial charge is 0.338 e. The van der Waals surface area contributed by atoms with Crippen LogP contribution in [-0.2, 0) is 0 Å². The van der Waals surface area contributed by atoms with Crippen LogP contribution < -0.4 is 5.63 Å². The Labute approximate surface area is 81.5 Å². The van der Waals surface area contributed by atoms with Crippen LogP contribution in [0.4, 0.5) is 0 Å². The van der Waals surface area contributed by atoms with Gasteiger partial charge in [-0.05, 0) is 12.3 Å². The summed E-state index contributed by atoms with van der Waals surface area (Å²) in [5, 5.41) is 0.358.